The lowest BCUT2D eigenvalue weighted by Crippen LogP contribution is -2.24. The van der Waals surface area contributed by atoms with Gasteiger partial charge in [-0.15, -0.1) is 10.2 Å². The molecule has 0 saturated carbocycles. The number of aryl methyl sites for hydroxylation is 2. The number of carbonyl (C=O) groups is 2. The molecule has 2 amide bonds. The fourth-order valence-corrected chi connectivity index (χ4v) is 4.34. The van der Waals surface area contributed by atoms with Crippen molar-refractivity contribution in [2.24, 2.45) is 0 Å². The minimum atomic E-state index is -0.289. The fraction of sp³-hybridized carbons (Fsp3) is 0.250. The van der Waals surface area contributed by atoms with Crippen molar-refractivity contribution >= 4 is 40.0 Å². The molecule has 32 heavy (non-hydrogen) atoms. The van der Waals surface area contributed by atoms with E-state index in [1.54, 1.807) is 18.1 Å². The first-order valence-corrected chi connectivity index (χ1v) is 11.1. The third-order valence-electron chi connectivity index (χ3n) is 5.49. The molecule has 1 aromatic heterocycles. The Morgan fingerprint density at radius 3 is 2.66 bits per heavy atom. The first-order valence-electron chi connectivity index (χ1n) is 10.3. The molecule has 164 valence electrons. The largest absolute Gasteiger partial charge is 0.497 e. The summed E-state index contributed by atoms with van der Waals surface area (Å²) in [5.41, 5.74) is 4.14. The van der Waals surface area contributed by atoms with Gasteiger partial charge in [-0.3, -0.25) is 14.9 Å². The molecule has 0 radical (unpaired) electrons. The maximum Gasteiger partial charge on any atom is 0.250 e. The molecule has 1 aliphatic heterocycles. The van der Waals surface area contributed by atoms with Gasteiger partial charge in [0.1, 0.15) is 10.8 Å². The van der Waals surface area contributed by atoms with Crippen LogP contribution in [0.3, 0.4) is 0 Å². The smallest absolute Gasteiger partial charge is 0.250 e. The van der Waals surface area contributed by atoms with Crippen molar-refractivity contribution in [2.45, 2.75) is 26.2 Å². The number of hydrogen-bond acceptors (Lipinski definition) is 6. The molecule has 0 bridgehead atoms. The zero-order valence-electron chi connectivity index (χ0n) is 18.2. The molecule has 0 spiro atoms. The summed E-state index contributed by atoms with van der Waals surface area (Å²) in [4.78, 5) is 26.6. The Labute approximate surface area is 190 Å². The Kier molecular flexibility index (Phi) is 6.32. The minimum Gasteiger partial charge on any atom is -0.497 e. The van der Waals surface area contributed by atoms with Gasteiger partial charge in [0.2, 0.25) is 16.9 Å². The molecule has 8 heteroatoms. The average molecular weight is 449 g/mol. The Hall–Kier alpha value is -3.52. The molecular formula is C24H24N4O3S. The Bertz CT molecular complexity index is 1170. The lowest BCUT2D eigenvalue weighted by Gasteiger charge is -2.17. The molecule has 1 N–H and O–H groups in total. The van der Waals surface area contributed by atoms with Gasteiger partial charge < -0.3 is 9.64 Å². The van der Waals surface area contributed by atoms with Gasteiger partial charge in [-0.25, -0.2) is 0 Å². The topological polar surface area (TPSA) is 84.4 Å². The van der Waals surface area contributed by atoms with Crippen molar-refractivity contribution in [3.8, 4) is 5.75 Å². The summed E-state index contributed by atoms with van der Waals surface area (Å²) in [5, 5.41) is 12.2. The monoisotopic (exact) mass is 448 g/mol. The molecule has 1 atom stereocenters. The Morgan fingerprint density at radius 2 is 1.94 bits per heavy atom. The first-order chi connectivity index (χ1) is 15.4. The number of aromatic nitrogens is 2. The van der Waals surface area contributed by atoms with Crippen molar-refractivity contribution in [1.29, 1.82) is 0 Å². The van der Waals surface area contributed by atoms with Gasteiger partial charge >= 0.3 is 0 Å². The highest BCUT2D eigenvalue weighted by Gasteiger charge is 2.34. The van der Waals surface area contributed by atoms with E-state index in [2.05, 4.69) is 22.4 Å². The van der Waals surface area contributed by atoms with Crippen LogP contribution in [0.5, 0.6) is 5.75 Å². The molecule has 2 heterocycles. The molecular weight excluding hydrogens is 424 g/mol. The Morgan fingerprint density at radius 1 is 1.16 bits per heavy atom. The van der Waals surface area contributed by atoms with Crippen molar-refractivity contribution in [3.05, 3.63) is 70.2 Å². The first kappa shape index (κ1) is 21.7. The van der Waals surface area contributed by atoms with E-state index in [1.165, 1.54) is 23.0 Å². The standard InChI is InChI=1S/C24H24N4O3S/c1-15-4-8-19(12-16(15)2)28-14-18(13-22(28)30)23-26-27-24(32-23)25-21(29)11-7-17-5-9-20(31-3)10-6-17/h4-12,18H,13-14H2,1-3H3,(H,25,27,29)/b11-7+. The summed E-state index contributed by atoms with van der Waals surface area (Å²) < 4.78 is 5.13. The zero-order chi connectivity index (χ0) is 22.7. The minimum absolute atomic E-state index is 0.0397. The second-order valence-electron chi connectivity index (χ2n) is 7.72. The number of ether oxygens (including phenoxy) is 1. The number of nitrogens with one attached hydrogen (secondary N) is 1. The number of methoxy groups -OCH3 is 1. The normalized spacial score (nSPS) is 16.0. The van der Waals surface area contributed by atoms with Gasteiger partial charge in [0.15, 0.2) is 0 Å². The van der Waals surface area contributed by atoms with Crippen molar-refractivity contribution in [1.82, 2.24) is 10.2 Å². The lowest BCUT2D eigenvalue weighted by molar-refractivity contribution is -0.117. The van der Waals surface area contributed by atoms with E-state index >= 15 is 0 Å². The van der Waals surface area contributed by atoms with Crippen LogP contribution in [0.2, 0.25) is 0 Å². The van der Waals surface area contributed by atoms with E-state index in [1.807, 2.05) is 49.4 Å². The third-order valence-corrected chi connectivity index (χ3v) is 6.49. The summed E-state index contributed by atoms with van der Waals surface area (Å²) in [7, 11) is 1.61. The summed E-state index contributed by atoms with van der Waals surface area (Å²) in [6, 6.07) is 13.4. The molecule has 2 aromatic carbocycles. The highest BCUT2D eigenvalue weighted by Crippen LogP contribution is 2.34. The van der Waals surface area contributed by atoms with E-state index in [0.29, 0.717) is 18.1 Å². The zero-order valence-corrected chi connectivity index (χ0v) is 19.0. The molecule has 7 nitrogen and oxygen atoms in total. The molecule has 1 fully saturated rings. The second-order valence-corrected chi connectivity index (χ2v) is 8.72. The van der Waals surface area contributed by atoms with Gasteiger partial charge in [-0.1, -0.05) is 29.5 Å². The quantitative estimate of drug-likeness (QED) is 0.567. The van der Waals surface area contributed by atoms with E-state index in [9.17, 15) is 9.59 Å². The number of benzene rings is 2. The molecule has 0 aliphatic carbocycles. The van der Waals surface area contributed by atoms with Crippen LogP contribution in [-0.4, -0.2) is 35.7 Å². The van der Waals surface area contributed by atoms with Crippen LogP contribution >= 0.6 is 11.3 Å². The summed E-state index contributed by atoms with van der Waals surface area (Å²) in [6.07, 6.45) is 3.55. The predicted molar refractivity (Wildman–Crippen MR) is 126 cm³/mol. The van der Waals surface area contributed by atoms with Crippen molar-refractivity contribution < 1.29 is 14.3 Å². The number of carbonyl (C=O) groups excluding carboxylic acids is 2. The van der Waals surface area contributed by atoms with Crippen molar-refractivity contribution in [2.75, 3.05) is 23.9 Å². The van der Waals surface area contributed by atoms with Crippen LogP contribution in [-0.2, 0) is 9.59 Å². The van der Waals surface area contributed by atoms with Gasteiger partial charge in [-0.05, 0) is 60.9 Å². The SMILES string of the molecule is COc1ccc(/C=C/C(=O)Nc2nnc(C3CC(=O)N(c4ccc(C)c(C)c4)C3)s2)cc1. The number of rotatable bonds is 6. The predicted octanol–water partition coefficient (Wildman–Crippen LogP) is 4.34. The van der Waals surface area contributed by atoms with E-state index in [4.69, 9.17) is 4.74 Å². The highest BCUT2D eigenvalue weighted by atomic mass is 32.1. The van der Waals surface area contributed by atoms with Crippen LogP contribution in [0.25, 0.3) is 6.08 Å². The number of amides is 2. The van der Waals surface area contributed by atoms with E-state index < -0.39 is 0 Å². The van der Waals surface area contributed by atoms with Crippen molar-refractivity contribution in [3.63, 3.8) is 0 Å². The van der Waals surface area contributed by atoms with E-state index in [0.717, 1.165) is 27.6 Å². The number of anilines is 2. The molecule has 3 aromatic rings. The number of hydrogen-bond donors (Lipinski definition) is 1. The maximum absolute atomic E-state index is 12.6. The number of nitrogens with zero attached hydrogens (tertiary/aromatic N) is 3. The van der Waals surface area contributed by atoms with Gasteiger partial charge in [0.05, 0.1) is 7.11 Å². The fourth-order valence-electron chi connectivity index (χ4n) is 3.50. The highest BCUT2D eigenvalue weighted by molar-refractivity contribution is 7.15. The average Bonchev–Trinajstić information content (AvgIpc) is 3.41. The summed E-state index contributed by atoms with van der Waals surface area (Å²) in [5.74, 6) is 0.501. The van der Waals surface area contributed by atoms with Gasteiger partial charge in [0, 0.05) is 30.6 Å². The molecule has 4 rings (SSSR count). The third kappa shape index (κ3) is 4.86. The summed E-state index contributed by atoms with van der Waals surface area (Å²) >= 11 is 1.31. The van der Waals surface area contributed by atoms with Gasteiger partial charge in [0.25, 0.3) is 0 Å². The second kappa shape index (κ2) is 9.32. The molecule has 1 unspecified atom stereocenters. The van der Waals surface area contributed by atoms with Crippen LogP contribution in [0.15, 0.2) is 48.5 Å². The van der Waals surface area contributed by atoms with Crippen LogP contribution in [0.1, 0.15) is 34.0 Å². The molecule has 1 saturated heterocycles. The molecule has 1 aliphatic rings. The Balaban J connectivity index is 1.38. The lowest BCUT2D eigenvalue weighted by atomic mass is 10.1. The maximum atomic E-state index is 12.6. The van der Waals surface area contributed by atoms with Crippen LogP contribution < -0.4 is 15.0 Å². The van der Waals surface area contributed by atoms with Crippen LogP contribution in [0, 0.1) is 13.8 Å². The summed E-state index contributed by atoms with van der Waals surface area (Å²) in [6.45, 7) is 4.65. The van der Waals surface area contributed by atoms with Crippen LogP contribution in [0.4, 0.5) is 10.8 Å². The van der Waals surface area contributed by atoms with E-state index in [-0.39, 0.29) is 17.7 Å². The van der Waals surface area contributed by atoms with Gasteiger partial charge in [-0.2, -0.15) is 0 Å².